The molecule has 2 aromatic carbocycles. The molecule has 4 aromatic rings. The Bertz CT molecular complexity index is 1190. The normalized spacial score (nSPS) is 10.6. The molecule has 0 bridgehead atoms. The number of carbonyl (C=O) groups excluding carboxylic acids is 1. The molecule has 4 nitrogen and oxygen atoms in total. The number of pyridine rings is 2. The van der Waals surface area contributed by atoms with Gasteiger partial charge in [0.15, 0.2) is 0 Å². The Morgan fingerprint density at radius 1 is 0.900 bits per heavy atom. The summed E-state index contributed by atoms with van der Waals surface area (Å²) in [5.74, 6) is -2.70. The highest BCUT2D eigenvalue weighted by molar-refractivity contribution is 6.04. The number of nitrogens with one attached hydrogen (secondary N) is 1. The van der Waals surface area contributed by atoms with E-state index in [9.17, 15) is 13.6 Å². The van der Waals surface area contributed by atoms with E-state index in [1.165, 1.54) is 12.3 Å². The van der Waals surface area contributed by atoms with Crippen LogP contribution in [0.4, 0.5) is 14.5 Å². The molecule has 0 saturated heterocycles. The highest BCUT2D eigenvalue weighted by atomic mass is 19.1. The second-order valence-corrected chi connectivity index (χ2v) is 6.75. The van der Waals surface area contributed by atoms with Crippen LogP contribution in [0.25, 0.3) is 22.4 Å². The van der Waals surface area contributed by atoms with E-state index in [2.05, 4.69) is 15.3 Å². The number of aromatic nitrogens is 2. The Hall–Kier alpha value is -3.93. The number of amides is 1. The van der Waals surface area contributed by atoms with Gasteiger partial charge in [0, 0.05) is 23.5 Å². The number of nitrogens with zero attached hydrogens (tertiary/aromatic N) is 2. The highest BCUT2D eigenvalue weighted by Gasteiger charge is 2.17. The van der Waals surface area contributed by atoms with Gasteiger partial charge in [0.2, 0.25) is 0 Å². The summed E-state index contributed by atoms with van der Waals surface area (Å²) in [6.45, 7) is 1.99. The van der Waals surface area contributed by atoms with Gasteiger partial charge in [0.25, 0.3) is 5.91 Å². The third kappa shape index (κ3) is 3.93. The molecule has 2 aromatic heterocycles. The van der Waals surface area contributed by atoms with Crippen LogP contribution >= 0.6 is 0 Å². The van der Waals surface area contributed by atoms with Crippen molar-refractivity contribution in [2.75, 3.05) is 5.32 Å². The Morgan fingerprint density at radius 3 is 2.37 bits per heavy atom. The lowest BCUT2D eigenvalue weighted by molar-refractivity contribution is 0.101. The molecule has 0 unspecified atom stereocenters. The van der Waals surface area contributed by atoms with Gasteiger partial charge in [0.05, 0.1) is 17.6 Å². The minimum absolute atomic E-state index is 0.340. The highest BCUT2D eigenvalue weighted by Crippen LogP contribution is 2.28. The number of aryl methyl sites for hydroxylation is 1. The minimum Gasteiger partial charge on any atom is -0.320 e. The van der Waals surface area contributed by atoms with Crippen LogP contribution in [-0.2, 0) is 0 Å². The minimum atomic E-state index is -0.917. The first-order valence-electron chi connectivity index (χ1n) is 9.26. The summed E-state index contributed by atoms with van der Waals surface area (Å²) in [5, 5.41) is 2.48. The maximum Gasteiger partial charge on any atom is 0.261 e. The van der Waals surface area contributed by atoms with E-state index in [1.54, 1.807) is 24.5 Å². The quantitative estimate of drug-likeness (QED) is 0.481. The van der Waals surface area contributed by atoms with Gasteiger partial charge in [-0.1, -0.05) is 24.3 Å². The van der Waals surface area contributed by atoms with Crippen LogP contribution < -0.4 is 5.32 Å². The van der Waals surface area contributed by atoms with Crippen molar-refractivity contribution in [3.05, 3.63) is 102 Å². The molecule has 1 N–H and O–H groups in total. The second kappa shape index (κ2) is 8.21. The van der Waals surface area contributed by atoms with Gasteiger partial charge in [-0.05, 0) is 54.4 Å². The summed E-state index contributed by atoms with van der Waals surface area (Å²) >= 11 is 0. The zero-order valence-corrected chi connectivity index (χ0v) is 16.1. The lowest BCUT2D eigenvalue weighted by Crippen LogP contribution is -2.15. The van der Waals surface area contributed by atoms with E-state index in [-0.39, 0.29) is 0 Å². The van der Waals surface area contributed by atoms with E-state index in [0.29, 0.717) is 11.4 Å². The fraction of sp³-hybridized carbons (Fsp3) is 0.0417. The summed E-state index contributed by atoms with van der Waals surface area (Å²) in [5.41, 5.74) is 4.42. The Kier molecular flexibility index (Phi) is 5.30. The molecule has 0 fully saturated rings. The van der Waals surface area contributed by atoms with Gasteiger partial charge in [-0.15, -0.1) is 0 Å². The fourth-order valence-electron chi connectivity index (χ4n) is 3.15. The third-order valence-electron chi connectivity index (χ3n) is 4.72. The third-order valence-corrected chi connectivity index (χ3v) is 4.72. The Labute approximate surface area is 172 Å². The van der Waals surface area contributed by atoms with Gasteiger partial charge >= 0.3 is 0 Å². The van der Waals surface area contributed by atoms with Gasteiger partial charge in [-0.2, -0.15) is 0 Å². The monoisotopic (exact) mass is 401 g/mol. The molecule has 0 aliphatic carbocycles. The molecule has 6 heteroatoms. The zero-order chi connectivity index (χ0) is 21.1. The van der Waals surface area contributed by atoms with E-state index < -0.39 is 23.1 Å². The molecule has 0 saturated carbocycles. The van der Waals surface area contributed by atoms with Crippen molar-refractivity contribution in [3.63, 3.8) is 0 Å². The number of halogens is 2. The lowest BCUT2D eigenvalue weighted by Gasteiger charge is -2.10. The van der Waals surface area contributed by atoms with Crippen LogP contribution in [0.2, 0.25) is 0 Å². The lowest BCUT2D eigenvalue weighted by atomic mass is 9.98. The predicted molar refractivity (Wildman–Crippen MR) is 112 cm³/mol. The van der Waals surface area contributed by atoms with E-state index in [0.717, 1.165) is 34.4 Å². The van der Waals surface area contributed by atoms with E-state index in [4.69, 9.17) is 0 Å². The van der Waals surface area contributed by atoms with Gasteiger partial charge in [0.1, 0.15) is 17.2 Å². The molecule has 0 radical (unpaired) electrons. The average Bonchev–Trinajstić information content (AvgIpc) is 2.75. The van der Waals surface area contributed by atoms with Crippen molar-refractivity contribution < 1.29 is 13.6 Å². The average molecular weight is 401 g/mol. The zero-order valence-electron chi connectivity index (χ0n) is 16.1. The van der Waals surface area contributed by atoms with Crippen LogP contribution in [0.15, 0.2) is 79.3 Å². The molecule has 2 heterocycles. The number of benzene rings is 2. The largest absolute Gasteiger partial charge is 0.320 e. The van der Waals surface area contributed by atoms with Crippen molar-refractivity contribution in [2.24, 2.45) is 0 Å². The molecule has 4 rings (SSSR count). The van der Waals surface area contributed by atoms with Crippen molar-refractivity contribution >= 4 is 11.6 Å². The first-order valence-corrected chi connectivity index (χ1v) is 9.26. The first kappa shape index (κ1) is 19.4. The van der Waals surface area contributed by atoms with Gasteiger partial charge < -0.3 is 5.32 Å². The predicted octanol–water partition coefficient (Wildman–Crippen LogP) is 5.65. The molecule has 30 heavy (non-hydrogen) atoms. The maximum atomic E-state index is 13.8. The molecular formula is C24H17F2N3O. The molecular weight excluding hydrogens is 384 g/mol. The number of hydrogen-bond acceptors (Lipinski definition) is 3. The smallest absolute Gasteiger partial charge is 0.261 e. The SMILES string of the molecule is Cc1ccc(-c2cccnc2)cc1-c1ccc(NC(=O)c2c(F)cccc2F)cn1. The van der Waals surface area contributed by atoms with Crippen LogP contribution in [0.3, 0.4) is 0 Å². The number of rotatable bonds is 4. The molecule has 0 aliphatic heterocycles. The summed E-state index contributed by atoms with van der Waals surface area (Å²) in [4.78, 5) is 20.8. The summed E-state index contributed by atoms with van der Waals surface area (Å²) in [7, 11) is 0. The first-order chi connectivity index (χ1) is 14.5. The standard InChI is InChI=1S/C24H17F2N3O/c1-15-7-8-16(17-4-3-11-27-13-17)12-19(15)22-10-9-18(14-28-22)29-24(30)23-20(25)5-2-6-21(23)26/h2-14H,1H3,(H,29,30). The second-order valence-electron chi connectivity index (χ2n) is 6.75. The van der Waals surface area contributed by atoms with Crippen LogP contribution in [0.5, 0.6) is 0 Å². The molecule has 1 amide bonds. The van der Waals surface area contributed by atoms with Crippen molar-refractivity contribution in [2.45, 2.75) is 6.92 Å². The number of carbonyl (C=O) groups is 1. The molecule has 0 aliphatic rings. The van der Waals surface area contributed by atoms with Crippen LogP contribution in [0, 0.1) is 18.6 Å². The Balaban J connectivity index is 1.59. The Morgan fingerprint density at radius 2 is 1.70 bits per heavy atom. The van der Waals surface area contributed by atoms with Crippen molar-refractivity contribution in [1.82, 2.24) is 9.97 Å². The molecule has 0 atom stereocenters. The van der Waals surface area contributed by atoms with Crippen LogP contribution in [-0.4, -0.2) is 15.9 Å². The van der Waals surface area contributed by atoms with Crippen LogP contribution in [0.1, 0.15) is 15.9 Å². The summed E-state index contributed by atoms with van der Waals surface area (Å²) in [6.07, 6.45) is 4.98. The molecule has 0 spiro atoms. The van der Waals surface area contributed by atoms with Gasteiger partial charge in [-0.25, -0.2) is 8.78 Å². The molecule has 148 valence electrons. The fourth-order valence-corrected chi connectivity index (χ4v) is 3.15. The summed E-state index contributed by atoms with van der Waals surface area (Å²) in [6, 6.07) is 16.6. The van der Waals surface area contributed by atoms with Gasteiger partial charge in [-0.3, -0.25) is 14.8 Å². The maximum absolute atomic E-state index is 13.8. The van der Waals surface area contributed by atoms with Crippen molar-refractivity contribution in [1.29, 1.82) is 0 Å². The van der Waals surface area contributed by atoms with Crippen molar-refractivity contribution in [3.8, 4) is 22.4 Å². The summed E-state index contributed by atoms with van der Waals surface area (Å²) < 4.78 is 27.6. The topological polar surface area (TPSA) is 54.9 Å². The number of hydrogen-bond donors (Lipinski definition) is 1. The van der Waals surface area contributed by atoms with E-state index in [1.807, 2.05) is 37.3 Å². The number of anilines is 1. The van der Waals surface area contributed by atoms with E-state index >= 15 is 0 Å².